The molecular weight excluding hydrogens is 457 g/mol. The molecular formula is C18H19F2IN2O3. The van der Waals surface area contributed by atoms with E-state index in [2.05, 4.69) is 5.32 Å². The van der Waals surface area contributed by atoms with Crippen molar-refractivity contribution >= 4 is 39.9 Å². The van der Waals surface area contributed by atoms with Gasteiger partial charge < -0.3 is 20.9 Å². The van der Waals surface area contributed by atoms with Crippen LogP contribution in [0.25, 0.3) is 0 Å². The topological polar surface area (TPSA) is 84.6 Å². The number of nitrogens with one attached hydrogen (secondary N) is 1. The molecule has 1 atom stereocenters. The number of rotatable bonds is 8. The zero-order valence-electron chi connectivity index (χ0n) is 14.1. The summed E-state index contributed by atoms with van der Waals surface area (Å²) in [6, 6.07) is 6.57. The zero-order chi connectivity index (χ0) is 19.3. The molecule has 0 radical (unpaired) electrons. The van der Waals surface area contributed by atoms with Crippen LogP contribution in [0.1, 0.15) is 23.7 Å². The highest BCUT2D eigenvalue weighted by Crippen LogP contribution is 2.31. The molecule has 0 heterocycles. The number of halogens is 3. The molecule has 0 aromatic heterocycles. The molecule has 0 aliphatic carbocycles. The van der Waals surface area contributed by atoms with Gasteiger partial charge in [0, 0.05) is 16.2 Å². The SMILES string of the molecule is CC(CO)CCOc1cc(F)cc(Nc2ccc(I)cc2F)c1C(N)=O. The summed E-state index contributed by atoms with van der Waals surface area (Å²) in [4.78, 5) is 11.9. The lowest BCUT2D eigenvalue weighted by atomic mass is 10.1. The molecule has 0 saturated carbocycles. The number of nitrogens with two attached hydrogens (primary N) is 1. The molecule has 2 aromatic carbocycles. The van der Waals surface area contributed by atoms with Crippen LogP contribution in [-0.2, 0) is 0 Å². The van der Waals surface area contributed by atoms with E-state index in [4.69, 9.17) is 15.6 Å². The van der Waals surface area contributed by atoms with E-state index in [-0.39, 0.29) is 41.8 Å². The van der Waals surface area contributed by atoms with Crippen molar-refractivity contribution < 1.29 is 23.4 Å². The van der Waals surface area contributed by atoms with Crippen LogP contribution in [0.15, 0.2) is 30.3 Å². The molecule has 0 bridgehead atoms. The third-order valence-corrected chi connectivity index (χ3v) is 4.36. The highest BCUT2D eigenvalue weighted by molar-refractivity contribution is 14.1. The second-order valence-corrected chi connectivity index (χ2v) is 7.11. The summed E-state index contributed by atoms with van der Waals surface area (Å²) in [5.41, 5.74) is 5.45. The molecule has 8 heteroatoms. The molecule has 140 valence electrons. The summed E-state index contributed by atoms with van der Waals surface area (Å²) >= 11 is 1.96. The quantitative estimate of drug-likeness (QED) is 0.506. The first-order valence-corrected chi connectivity index (χ1v) is 8.98. The molecule has 0 saturated heterocycles. The van der Waals surface area contributed by atoms with Gasteiger partial charge in [-0.05, 0) is 59.2 Å². The number of benzene rings is 2. The second kappa shape index (κ2) is 9.13. The number of primary amides is 1. The van der Waals surface area contributed by atoms with E-state index < -0.39 is 17.5 Å². The minimum atomic E-state index is -0.830. The van der Waals surface area contributed by atoms with E-state index >= 15 is 0 Å². The average molecular weight is 476 g/mol. The number of carbonyl (C=O) groups excluding carboxylic acids is 1. The van der Waals surface area contributed by atoms with Gasteiger partial charge in [0.1, 0.15) is 22.9 Å². The maximum absolute atomic E-state index is 14.1. The van der Waals surface area contributed by atoms with Gasteiger partial charge in [-0.25, -0.2) is 8.78 Å². The van der Waals surface area contributed by atoms with Crippen LogP contribution >= 0.6 is 22.6 Å². The van der Waals surface area contributed by atoms with Crippen molar-refractivity contribution in [3.05, 3.63) is 51.1 Å². The van der Waals surface area contributed by atoms with Gasteiger partial charge in [-0.1, -0.05) is 6.92 Å². The Morgan fingerprint density at radius 1 is 1.31 bits per heavy atom. The molecule has 0 aliphatic rings. The number of aliphatic hydroxyl groups is 1. The van der Waals surface area contributed by atoms with Crippen LogP contribution < -0.4 is 15.8 Å². The van der Waals surface area contributed by atoms with Crippen LogP contribution in [0.5, 0.6) is 5.75 Å². The molecule has 26 heavy (non-hydrogen) atoms. The standard InChI is InChI=1S/C18H19F2IN2O3/c1-10(9-24)4-5-26-16-7-11(19)6-15(17(16)18(22)25)23-14-3-2-12(21)8-13(14)20/h2-3,6-8,10,23-24H,4-5,9H2,1H3,(H2,22,25). The Bertz CT molecular complexity index is 802. The summed E-state index contributed by atoms with van der Waals surface area (Å²) in [5.74, 6) is -2.07. The summed E-state index contributed by atoms with van der Waals surface area (Å²) in [6.45, 7) is 1.99. The van der Waals surface area contributed by atoms with E-state index in [9.17, 15) is 13.6 Å². The monoisotopic (exact) mass is 476 g/mol. The molecule has 2 aromatic rings. The van der Waals surface area contributed by atoms with Crippen molar-refractivity contribution in [1.82, 2.24) is 0 Å². The highest BCUT2D eigenvalue weighted by atomic mass is 127. The lowest BCUT2D eigenvalue weighted by molar-refractivity contribution is 0.0996. The van der Waals surface area contributed by atoms with E-state index in [1.165, 1.54) is 12.1 Å². The van der Waals surface area contributed by atoms with Gasteiger partial charge in [-0.3, -0.25) is 4.79 Å². The van der Waals surface area contributed by atoms with E-state index in [0.29, 0.717) is 9.99 Å². The number of ether oxygens (including phenoxy) is 1. The van der Waals surface area contributed by atoms with Gasteiger partial charge in [0.15, 0.2) is 0 Å². The second-order valence-electron chi connectivity index (χ2n) is 5.86. The van der Waals surface area contributed by atoms with Gasteiger partial charge in [-0.15, -0.1) is 0 Å². The highest BCUT2D eigenvalue weighted by Gasteiger charge is 2.19. The third kappa shape index (κ3) is 5.28. The van der Waals surface area contributed by atoms with Gasteiger partial charge in [-0.2, -0.15) is 0 Å². The minimum absolute atomic E-state index is 0.000861. The van der Waals surface area contributed by atoms with Gasteiger partial charge in [0.25, 0.3) is 5.91 Å². The normalized spacial score (nSPS) is 11.9. The zero-order valence-corrected chi connectivity index (χ0v) is 16.2. The number of hydrogen-bond acceptors (Lipinski definition) is 4. The number of amides is 1. The Kier molecular flexibility index (Phi) is 7.15. The van der Waals surface area contributed by atoms with Crippen LogP contribution in [0, 0.1) is 21.1 Å². The summed E-state index contributed by atoms with van der Waals surface area (Å²) in [6.07, 6.45) is 0.514. The smallest absolute Gasteiger partial charge is 0.254 e. The maximum atomic E-state index is 14.1. The molecule has 1 unspecified atom stereocenters. The maximum Gasteiger partial charge on any atom is 0.254 e. The summed E-state index contributed by atoms with van der Waals surface area (Å²) in [7, 11) is 0. The Hall–Kier alpha value is -1.94. The van der Waals surface area contributed by atoms with Crippen molar-refractivity contribution in [2.24, 2.45) is 11.7 Å². The Labute approximate surface area is 163 Å². The Morgan fingerprint density at radius 3 is 2.65 bits per heavy atom. The molecule has 0 fully saturated rings. The average Bonchev–Trinajstić information content (AvgIpc) is 2.56. The third-order valence-electron chi connectivity index (χ3n) is 3.69. The molecule has 4 N–H and O–H groups in total. The van der Waals surface area contributed by atoms with Crippen LogP contribution in [0.4, 0.5) is 20.2 Å². The van der Waals surface area contributed by atoms with E-state index in [0.717, 1.165) is 12.1 Å². The fourth-order valence-corrected chi connectivity index (χ4v) is 2.70. The van der Waals surface area contributed by atoms with Crippen molar-refractivity contribution in [1.29, 1.82) is 0 Å². The van der Waals surface area contributed by atoms with Crippen molar-refractivity contribution in [3.8, 4) is 5.75 Å². The first-order valence-electron chi connectivity index (χ1n) is 7.91. The van der Waals surface area contributed by atoms with Crippen molar-refractivity contribution in [2.45, 2.75) is 13.3 Å². The van der Waals surface area contributed by atoms with Gasteiger partial charge in [0.05, 0.1) is 18.0 Å². The minimum Gasteiger partial charge on any atom is -0.493 e. The fourth-order valence-electron chi connectivity index (χ4n) is 2.25. The van der Waals surface area contributed by atoms with Gasteiger partial charge >= 0.3 is 0 Å². The number of carbonyl (C=O) groups is 1. The molecule has 0 spiro atoms. The molecule has 5 nitrogen and oxygen atoms in total. The summed E-state index contributed by atoms with van der Waals surface area (Å²) < 4.78 is 34.2. The van der Waals surface area contributed by atoms with E-state index in [1.807, 2.05) is 29.5 Å². The van der Waals surface area contributed by atoms with E-state index in [1.54, 1.807) is 6.07 Å². The first kappa shape index (κ1) is 20.4. The first-order chi connectivity index (χ1) is 12.3. The lowest BCUT2D eigenvalue weighted by Gasteiger charge is -2.16. The Balaban J connectivity index is 2.34. The summed E-state index contributed by atoms with van der Waals surface area (Å²) in [5, 5.41) is 11.7. The predicted molar refractivity (Wildman–Crippen MR) is 104 cm³/mol. The number of hydrogen-bond donors (Lipinski definition) is 3. The predicted octanol–water partition coefficient (Wildman–Crippen LogP) is 3.81. The van der Waals surface area contributed by atoms with Crippen LogP contribution in [0.2, 0.25) is 0 Å². The molecule has 0 aliphatic heterocycles. The molecule has 2 rings (SSSR count). The molecule has 1 amide bonds. The van der Waals surface area contributed by atoms with Crippen molar-refractivity contribution in [2.75, 3.05) is 18.5 Å². The van der Waals surface area contributed by atoms with Crippen molar-refractivity contribution in [3.63, 3.8) is 0 Å². The fraction of sp³-hybridized carbons (Fsp3) is 0.278. The van der Waals surface area contributed by atoms with Gasteiger partial charge in [0.2, 0.25) is 0 Å². The lowest BCUT2D eigenvalue weighted by Crippen LogP contribution is -2.17. The largest absolute Gasteiger partial charge is 0.493 e. The van der Waals surface area contributed by atoms with Crippen LogP contribution in [0.3, 0.4) is 0 Å². The number of anilines is 2. The Morgan fingerprint density at radius 2 is 2.04 bits per heavy atom. The van der Waals surface area contributed by atoms with Crippen LogP contribution in [-0.4, -0.2) is 24.2 Å². The number of aliphatic hydroxyl groups excluding tert-OH is 1.